The monoisotopic (exact) mass is 530 g/mol. The zero-order chi connectivity index (χ0) is 24.5. The zero-order valence-electron chi connectivity index (χ0n) is 22.2. The van der Waals surface area contributed by atoms with Crippen LogP contribution in [0.5, 0.6) is 0 Å². The van der Waals surface area contributed by atoms with Crippen LogP contribution in [0.4, 0.5) is 0 Å². The third-order valence-electron chi connectivity index (χ3n) is 3.83. The molecule has 0 amide bonds. The summed E-state index contributed by atoms with van der Waals surface area (Å²) in [5.41, 5.74) is 0. The molecule has 0 aromatic heterocycles. The van der Waals surface area contributed by atoms with Crippen LogP contribution < -0.4 is 0 Å². The van der Waals surface area contributed by atoms with Gasteiger partial charge in [-0.3, -0.25) is 0 Å². The van der Waals surface area contributed by atoms with Gasteiger partial charge in [-0.25, -0.2) is 0 Å². The Labute approximate surface area is 197 Å². The molecule has 0 rings (SSSR count). The van der Waals surface area contributed by atoms with Gasteiger partial charge in [0.1, 0.15) is 0 Å². The molecule has 0 saturated heterocycles. The highest BCUT2D eigenvalue weighted by atomic mass is 28.5. The van der Waals surface area contributed by atoms with E-state index in [1.807, 2.05) is 6.92 Å². The fraction of sp³-hybridized carbons (Fsp3) is 1.00. The molecule has 0 saturated carbocycles. The number of rotatable bonds is 17. The minimum atomic E-state index is -2.38. The largest absolute Gasteiger partial charge is 0.437 e. The highest BCUT2D eigenvalue weighted by Crippen LogP contribution is 2.24. The molecule has 0 aliphatic carbocycles. The van der Waals surface area contributed by atoms with Gasteiger partial charge in [-0.15, -0.1) is 0 Å². The Morgan fingerprint density at radius 3 is 1.84 bits per heavy atom. The summed E-state index contributed by atoms with van der Waals surface area (Å²) in [4.78, 5) is 0. The highest BCUT2D eigenvalue weighted by Gasteiger charge is 2.40. The van der Waals surface area contributed by atoms with E-state index in [0.29, 0.717) is 19.8 Å². The molecule has 4 atom stereocenters. The first kappa shape index (κ1) is 31.8. The summed E-state index contributed by atoms with van der Waals surface area (Å²) in [6.07, 6.45) is 0.388. The van der Waals surface area contributed by atoms with Crippen molar-refractivity contribution in [1.29, 1.82) is 0 Å². The molecule has 1 N–H and O–H groups in total. The van der Waals surface area contributed by atoms with E-state index in [1.165, 1.54) is 0 Å². The third-order valence-corrected chi connectivity index (χ3v) is 20.6. The Morgan fingerprint density at radius 2 is 1.35 bits per heavy atom. The lowest BCUT2D eigenvalue weighted by atomic mass is 10.4. The average molecular weight is 531 g/mol. The Bertz CT molecular complexity index is 497. The van der Waals surface area contributed by atoms with Crippen LogP contribution >= 0.6 is 0 Å². The molecule has 0 aromatic carbocycles. The smallest absolute Gasteiger partial charge is 0.315 e. The van der Waals surface area contributed by atoms with E-state index in [0.717, 1.165) is 12.5 Å². The van der Waals surface area contributed by atoms with Gasteiger partial charge in [0.05, 0.1) is 25.4 Å². The quantitative estimate of drug-likeness (QED) is 0.218. The SMILES string of the molecule is CC(O)COC(C)COCCC[Si](C)(O[SiH](C)O[Si](C)(C)O[Si](C)(C)C)O[Si](C)(C)C. The topological polar surface area (TPSA) is 75.6 Å². The summed E-state index contributed by atoms with van der Waals surface area (Å²) in [6, 6.07) is 0.873. The van der Waals surface area contributed by atoms with E-state index in [-0.39, 0.29) is 6.10 Å². The van der Waals surface area contributed by atoms with Crippen molar-refractivity contribution in [2.75, 3.05) is 19.8 Å². The molecule has 31 heavy (non-hydrogen) atoms. The minimum Gasteiger partial charge on any atom is -0.437 e. The molecule has 0 fully saturated rings. The molecular weight excluding hydrogens is 481 g/mol. The Balaban J connectivity index is 4.71. The number of aliphatic hydroxyl groups is 1. The van der Waals surface area contributed by atoms with E-state index in [4.69, 9.17) is 25.9 Å². The summed E-state index contributed by atoms with van der Waals surface area (Å²) in [5, 5.41) is 9.30. The van der Waals surface area contributed by atoms with Crippen molar-refractivity contribution >= 4 is 43.0 Å². The molecule has 0 bridgehead atoms. The summed E-state index contributed by atoms with van der Waals surface area (Å²) >= 11 is 0. The summed E-state index contributed by atoms with van der Waals surface area (Å²) in [6.45, 7) is 26.9. The minimum absolute atomic E-state index is 0.0351. The van der Waals surface area contributed by atoms with E-state index < -0.39 is 49.1 Å². The highest BCUT2D eigenvalue weighted by molar-refractivity contribution is 6.86. The van der Waals surface area contributed by atoms with Gasteiger partial charge in [-0.05, 0) is 91.8 Å². The van der Waals surface area contributed by atoms with Gasteiger partial charge in [0.25, 0.3) is 0 Å². The Kier molecular flexibility index (Phi) is 14.0. The van der Waals surface area contributed by atoms with E-state index in [1.54, 1.807) is 6.92 Å². The molecule has 4 unspecified atom stereocenters. The van der Waals surface area contributed by atoms with Crippen molar-refractivity contribution < 1.29 is 31.0 Å². The molecule has 0 aromatic rings. The van der Waals surface area contributed by atoms with Crippen LogP contribution in [0.3, 0.4) is 0 Å². The van der Waals surface area contributed by atoms with Gasteiger partial charge in [0, 0.05) is 6.61 Å². The van der Waals surface area contributed by atoms with Crippen LogP contribution in [0.25, 0.3) is 0 Å². The number of hydrogen-bond donors (Lipinski definition) is 1. The summed E-state index contributed by atoms with van der Waals surface area (Å²) < 4.78 is 37.2. The molecule has 0 radical (unpaired) electrons. The van der Waals surface area contributed by atoms with Crippen molar-refractivity contribution in [3.8, 4) is 0 Å². The first-order valence-electron chi connectivity index (χ1n) is 11.5. The molecule has 188 valence electrons. The van der Waals surface area contributed by atoms with Gasteiger partial charge in [0.2, 0.25) is 0 Å². The second kappa shape index (κ2) is 13.6. The summed E-state index contributed by atoms with van der Waals surface area (Å²) in [5.74, 6) is 0. The van der Waals surface area contributed by atoms with E-state index >= 15 is 0 Å². The van der Waals surface area contributed by atoms with Gasteiger partial charge >= 0.3 is 26.4 Å². The van der Waals surface area contributed by atoms with Crippen molar-refractivity contribution in [3.05, 3.63) is 0 Å². The maximum atomic E-state index is 9.30. The molecule has 0 spiro atoms. The second-order valence-electron chi connectivity index (χ2n) is 10.9. The van der Waals surface area contributed by atoms with Crippen LogP contribution in [-0.4, -0.2) is 80.2 Å². The van der Waals surface area contributed by atoms with Gasteiger partial charge in [-0.2, -0.15) is 0 Å². The lowest BCUT2D eigenvalue weighted by Crippen LogP contribution is -2.54. The van der Waals surface area contributed by atoms with Gasteiger partial charge in [-0.1, -0.05) is 0 Å². The van der Waals surface area contributed by atoms with Gasteiger partial charge in [0.15, 0.2) is 16.6 Å². The van der Waals surface area contributed by atoms with E-state index in [2.05, 4.69) is 65.5 Å². The number of aliphatic hydroxyl groups excluding tert-OH is 1. The lowest BCUT2D eigenvalue weighted by molar-refractivity contribution is -0.0364. The van der Waals surface area contributed by atoms with Crippen LogP contribution in [0, 0.1) is 0 Å². The maximum absolute atomic E-state index is 9.30. The summed E-state index contributed by atoms with van der Waals surface area (Å²) in [7, 11) is -9.90. The van der Waals surface area contributed by atoms with Crippen molar-refractivity contribution in [2.24, 2.45) is 0 Å². The normalized spacial score (nSPS) is 18.5. The fourth-order valence-corrected chi connectivity index (χ4v) is 24.0. The maximum Gasteiger partial charge on any atom is 0.315 e. The van der Waals surface area contributed by atoms with Crippen molar-refractivity contribution in [2.45, 2.75) is 104 Å². The molecule has 0 heterocycles. The molecule has 0 aliphatic heterocycles. The molecule has 7 nitrogen and oxygen atoms in total. The Morgan fingerprint density at radius 1 is 0.806 bits per heavy atom. The fourth-order valence-electron chi connectivity index (χ4n) is 3.41. The zero-order valence-corrected chi connectivity index (χ0v) is 27.3. The van der Waals surface area contributed by atoms with Crippen molar-refractivity contribution in [3.63, 3.8) is 0 Å². The first-order valence-corrected chi connectivity index (χ1v) is 25.7. The predicted octanol–water partition coefficient (Wildman–Crippen LogP) is 4.54. The molecule has 0 aliphatic rings. The second-order valence-corrected chi connectivity index (χ2v) is 29.6. The molecule has 12 heteroatoms. The number of hydrogen-bond acceptors (Lipinski definition) is 7. The van der Waals surface area contributed by atoms with Crippen LogP contribution in [0.2, 0.25) is 71.5 Å². The van der Waals surface area contributed by atoms with Crippen LogP contribution in [0.15, 0.2) is 0 Å². The van der Waals surface area contributed by atoms with Crippen LogP contribution in [-0.2, 0) is 25.9 Å². The van der Waals surface area contributed by atoms with Crippen LogP contribution in [0.1, 0.15) is 20.3 Å². The van der Waals surface area contributed by atoms with Crippen molar-refractivity contribution in [1.82, 2.24) is 0 Å². The van der Waals surface area contributed by atoms with Gasteiger partial charge < -0.3 is 31.0 Å². The first-order chi connectivity index (χ1) is 13.8. The Hall–Kier alpha value is 0.804. The average Bonchev–Trinajstić information content (AvgIpc) is 2.46. The third kappa shape index (κ3) is 18.9. The van der Waals surface area contributed by atoms with E-state index in [9.17, 15) is 5.11 Å². The standard InChI is InChI=1S/C19H50O7Si5/c1-18(20)16-22-19(2)17-21-14-13-15-31(12,26-29(7,8)9)24-27(3)23-30(10,11)25-28(4,5)6/h18-20,27H,13-17H2,1-12H3. The molecular formula is C19H50O7Si5. The lowest BCUT2D eigenvalue weighted by Gasteiger charge is -2.38. The predicted molar refractivity (Wildman–Crippen MR) is 140 cm³/mol. The number of ether oxygens (including phenoxy) is 2.